The van der Waals surface area contributed by atoms with E-state index in [1.165, 1.54) is 6.39 Å². The Morgan fingerprint density at radius 2 is 2.12 bits per heavy atom. The van der Waals surface area contributed by atoms with Crippen molar-refractivity contribution in [1.82, 2.24) is 4.98 Å². The van der Waals surface area contributed by atoms with Gasteiger partial charge in [0.2, 0.25) is 0 Å². The molecule has 8 heavy (non-hydrogen) atoms. The van der Waals surface area contributed by atoms with Crippen LogP contribution < -0.4 is 0 Å². The Hall–Kier alpha value is -0.725. The second-order valence-electron chi connectivity index (χ2n) is 1.49. The van der Waals surface area contributed by atoms with Crippen LogP contribution in [-0.4, -0.2) is 13.4 Å². The van der Waals surface area contributed by atoms with Gasteiger partial charge >= 0.3 is 0 Å². The second kappa shape index (κ2) is 2.55. The predicted octanol–water partition coefficient (Wildman–Crippen LogP) is 0.108. The summed E-state index contributed by atoms with van der Waals surface area (Å²) in [5.41, 5.74) is 0.972. The molecule has 0 atom stereocenters. The molecule has 0 N–H and O–H groups in total. The van der Waals surface area contributed by atoms with Crippen LogP contribution in [0.5, 0.6) is 0 Å². The smallest absolute Gasteiger partial charge is 0.181 e. The molecule has 3 heteroatoms. The Morgan fingerprint density at radius 1 is 1.50 bits per heavy atom. The third kappa shape index (κ3) is 1.12. The van der Waals surface area contributed by atoms with Crippen LogP contribution in [0.25, 0.3) is 0 Å². The Bertz CT molecular complexity index is 145. The molecule has 2 nitrogen and oxygen atoms in total. The van der Waals surface area contributed by atoms with E-state index in [9.17, 15) is 0 Å². The number of rotatable bonds is 0. The SMILES string of the molecule is B.Cc1ncoc1C. The summed E-state index contributed by atoms with van der Waals surface area (Å²) in [6.45, 7) is 3.81. The molecular weight excluding hydrogens is 101 g/mol. The van der Waals surface area contributed by atoms with Crippen LogP contribution in [0, 0.1) is 13.8 Å². The summed E-state index contributed by atoms with van der Waals surface area (Å²) in [5, 5.41) is 0. The summed E-state index contributed by atoms with van der Waals surface area (Å²) in [6.07, 6.45) is 1.45. The molecule has 44 valence electrons. The zero-order valence-corrected chi connectivity index (χ0v) is 4.43. The van der Waals surface area contributed by atoms with Gasteiger partial charge in [-0.1, -0.05) is 0 Å². The lowest BCUT2D eigenvalue weighted by molar-refractivity contribution is 0.525. The minimum Gasteiger partial charge on any atom is -0.449 e. The molecule has 0 aliphatic carbocycles. The fraction of sp³-hybridized carbons (Fsp3) is 0.400. The van der Waals surface area contributed by atoms with Crippen LogP contribution >= 0.6 is 0 Å². The summed E-state index contributed by atoms with van der Waals surface area (Å²) in [6, 6.07) is 0. The first-order valence-electron chi connectivity index (χ1n) is 2.17. The van der Waals surface area contributed by atoms with E-state index in [1.54, 1.807) is 0 Å². The molecule has 0 fully saturated rings. The Kier molecular flexibility index (Phi) is 2.32. The van der Waals surface area contributed by atoms with Crippen LogP contribution in [0.3, 0.4) is 0 Å². The van der Waals surface area contributed by atoms with Gasteiger partial charge in [-0.25, -0.2) is 4.98 Å². The van der Waals surface area contributed by atoms with Gasteiger partial charge in [-0.05, 0) is 13.8 Å². The minimum atomic E-state index is 0. The van der Waals surface area contributed by atoms with Gasteiger partial charge in [0.15, 0.2) is 6.39 Å². The topological polar surface area (TPSA) is 26.0 Å². The molecule has 0 aromatic carbocycles. The molecule has 0 aliphatic heterocycles. The van der Waals surface area contributed by atoms with Gasteiger partial charge in [-0.3, -0.25) is 0 Å². The molecule has 1 heterocycles. The molecule has 0 amide bonds. The van der Waals surface area contributed by atoms with Crippen LogP contribution in [-0.2, 0) is 0 Å². The van der Waals surface area contributed by atoms with Crippen molar-refractivity contribution < 1.29 is 4.42 Å². The average Bonchev–Trinajstić information content (AvgIpc) is 1.91. The molecule has 0 bridgehead atoms. The van der Waals surface area contributed by atoms with E-state index in [0.717, 1.165) is 11.5 Å². The van der Waals surface area contributed by atoms with E-state index in [1.807, 2.05) is 13.8 Å². The number of hydrogen-bond donors (Lipinski definition) is 0. The summed E-state index contributed by atoms with van der Waals surface area (Å²) in [5.74, 6) is 0.903. The highest BCUT2D eigenvalue weighted by molar-refractivity contribution is 5.75. The lowest BCUT2D eigenvalue weighted by Crippen LogP contribution is -1.69. The second-order valence-corrected chi connectivity index (χ2v) is 1.49. The Labute approximate surface area is 50.5 Å². The molecule has 0 saturated carbocycles. The monoisotopic (exact) mass is 111 g/mol. The predicted molar refractivity (Wildman–Crippen MR) is 35.9 cm³/mol. The Balaban J connectivity index is 0.000000490. The third-order valence-corrected chi connectivity index (χ3v) is 0.985. The highest BCUT2D eigenvalue weighted by atomic mass is 16.3. The van der Waals surface area contributed by atoms with Gasteiger partial charge in [0.05, 0.1) is 14.1 Å². The van der Waals surface area contributed by atoms with Gasteiger partial charge in [-0.2, -0.15) is 0 Å². The van der Waals surface area contributed by atoms with Crippen LogP contribution in [0.15, 0.2) is 10.8 Å². The molecule has 0 aliphatic rings. The summed E-state index contributed by atoms with van der Waals surface area (Å²) < 4.78 is 4.85. The van der Waals surface area contributed by atoms with E-state index < -0.39 is 0 Å². The van der Waals surface area contributed by atoms with Crippen molar-refractivity contribution in [3.63, 3.8) is 0 Å². The zero-order valence-electron chi connectivity index (χ0n) is 4.43. The van der Waals surface area contributed by atoms with Crippen molar-refractivity contribution in [3.05, 3.63) is 17.8 Å². The molecular formula is C5H10BNO. The summed E-state index contributed by atoms with van der Waals surface area (Å²) in [7, 11) is 0. The fourth-order valence-electron chi connectivity index (χ4n) is 0.361. The largest absolute Gasteiger partial charge is 0.449 e. The first-order valence-corrected chi connectivity index (χ1v) is 2.17. The maximum absolute atomic E-state index is 4.85. The van der Waals surface area contributed by atoms with Crippen molar-refractivity contribution in [2.75, 3.05) is 0 Å². The fourth-order valence-corrected chi connectivity index (χ4v) is 0.361. The quantitative estimate of drug-likeness (QED) is 0.444. The number of aryl methyl sites for hydroxylation is 2. The first-order chi connectivity index (χ1) is 3.30. The highest BCUT2D eigenvalue weighted by Gasteiger charge is 1.90. The maximum atomic E-state index is 4.85. The van der Waals surface area contributed by atoms with E-state index >= 15 is 0 Å². The van der Waals surface area contributed by atoms with Gasteiger partial charge in [0.1, 0.15) is 5.76 Å². The minimum absolute atomic E-state index is 0. The number of hydrogen-bond acceptors (Lipinski definition) is 2. The highest BCUT2D eigenvalue weighted by Crippen LogP contribution is 1.99. The van der Waals surface area contributed by atoms with E-state index in [2.05, 4.69) is 4.98 Å². The van der Waals surface area contributed by atoms with Gasteiger partial charge in [-0.15, -0.1) is 0 Å². The Morgan fingerprint density at radius 3 is 2.25 bits per heavy atom. The van der Waals surface area contributed by atoms with Crippen molar-refractivity contribution in [2.24, 2.45) is 0 Å². The van der Waals surface area contributed by atoms with Gasteiger partial charge < -0.3 is 4.42 Å². The summed E-state index contributed by atoms with van der Waals surface area (Å²) in [4.78, 5) is 3.85. The molecule has 1 aromatic rings. The zero-order chi connectivity index (χ0) is 5.28. The molecule has 1 rings (SSSR count). The molecule has 0 radical (unpaired) electrons. The van der Waals surface area contributed by atoms with Gasteiger partial charge in [0, 0.05) is 0 Å². The summed E-state index contributed by atoms with van der Waals surface area (Å²) >= 11 is 0. The first kappa shape index (κ1) is 7.27. The van der Waals surface area contributed by atoms with Crippen molar-refractivity contribution >= 4 is 8.41 Å². The van der Waals surface area contributed by atoms with Crippen LogP contribution in [0.2, 0.25) is 0 Å². The molecule has 1 aromatic heterocycles. The maximum Gasteiger partial charge on any atom is 0.181 e. The third-order valence-electron chi connectivity index (χ3n) is 0.985. The molecule has 0 unspecified atom stereocenters. The number of oxazole rings is 1. The van der Waals surface area contributed by atoms with Crippen molar-refractivity contribution in [2.45, 2.75) is 13.8 Å². The van der Waals surface area contributed by atoms with Crippen LogP contribution in [0.4, 0.5) is 0 Å². The van der Waals surface area contributed by atoms with E-state index in [0.29, 0.717) is 0 Å². The van der Waals surface area contributed by atoms with Crippen LogP contribution in [0.1, 0.15) is 11.5 Å². The molecule has 0 saturated heterocycles. The normalized spacial score (nSPS) is 8.25. The standard InChI is InChI=1S/C5H7NO.BH3/c1-4-5(2)7-3-6-4;/h3H,1-2H3;1H3. The number of nitrogens with zero attached hydrogens (tertiary/aromatic N) is 1. The van der Waals surface area contributed by atoms with E-state index in [4.69, 9.17) is 4.42 Å². The van der Waals surface area contributed by atoms with Gasteiger partial charge in [0.25, 0.3) is 0 Å². The lowest BCUT2D eigenvalue weighted by Gasteiger charge is -1.76. The van der Waals surface area contributed by atoms with Crippen molar-refractivity contribution in [3.8, 4) is 0 Å². The lowest BCUT2D eigenvalue weighted by atomic mass is 10.4. The molecule has 0 spiro atoms. The van der Waals surface area contributed by atoms with Crippen molar-refractivity contribution in [1.29, 1.82) is 0 Å². The van der Waals surface area contributed by atoms with E-state index in [-0.39, 0.29) is 8.41 Å². The number of aromatic nitrogens is 1. The average molecular weight is 111 g/mol.